The third-order valence-electron chi connectivity index (χ3n) is 4.72. The molecule has 0 aliphatic rings. The molecule has 2 rings (SSSR count). The van der Waals surface area contributed by atoms with E-state index in [-0.39, 0.29) is 19.4 Å². The number of esters is 1. The first-order valence-electron chi connectivity index (χ1n) is 10.2. The van der Waals surface area contributed by atoms with E-state index in [1.54, 1.807) is 6.92 Å². The summed E-state index contributed by atoms with van der Waals surface area (Å²) in [4.78, 5) is 37.5. The van der Waals surface area contributed by atoms with Gasteiger partial charge in [0.2, 0.25) is 5.91 Å². The average molecular weight is 437 g/mol. The molecule has 0 bridgehead atoms. The lowest BCUT2D eigenvalue weighted by molar-refractivity contribution is -0.145. The summed E-state index contributed by atoms with van der Waals surface area (Å²) < 4.78 is 9.99. The van der Waals surface area contributed by atoms with Gasteiger partial charge in [-0.05, 0) is 24.5 Å². The molecule has 2 amide bonds. The second kappa shape index (κ2) is 12.7. The molecule has 0 spiro atoms. The Morgan fingerprint density at radius 2 is 1.53 bits per heavy atom. The van der Waals surface area contributed by atoms with Crippen LogP contribution in [0.4, 0.5) is 4.79 Å². The Morgan fingerprint density at radius 3 is 2.09 bits per heavy atom. The fourth-order valence-corrected chi connectivity index (χ4v) is 3.00. The number of carbonyl (C=O) groups excluding carboxylic acids is 3. The molecule has 0 saturated carbocycles. The van der Waals surface area contributed by atoms with E-state index in [0.29, 0.717) is 0 Å². The molecule has 0 aromatic heterocycles. The zero-order valence-corrected chi connectivity index (χ0v) is 18.1. The number of hydrogen-bond acceptors (Lipinski definition) is 6. The molecule has 0 aliphatic carbocycles. The van der Waals surface area contributed by atoms with Crippen LogP contribution in [0.3, 0.4) is 0 Å². The van der Waals surface area contributed by atoms with E-state index in [0.717, 1.165) is 11.1 Å². The molecule has 32 heavy (non-hydrogen) atoms. The molecule has 168 valence electrons. The summed E-state index contributed by atoms with van der Waals surface area (Å²) in [6, 6.07) is 18.3. The predicted octanol–water partition coefficient (Wildman–Crippen LogP) is 2.73. The number of rotatable bonds is 10. The number of benzene rings is 2. The molecule has 8 nitrogen and oxygen atoms in total. The van der Waals surface area contributed by atoms with Gasteiger partial charge in [0.1, 0.15) is 18.7 Å². The van der Waals surface area contributed by atoms with Gasteiger partial charge in [-0.15, -0.1) is 0 Å². The maximum atomic E-state index is 13.0. The van der Waals surface area contributed by atoms with Crippen LogP contribution in [0.25, 0.3) is 0 Å². The van der Waals surface area contributed by atoms with E-state index in [1.165, 1.54) is 7.11 Å². The van der Waals surface area contributed by atoms with Gasteiger partial charge in [-0.1, -0.05) is 60.7 Å². The van der Waals surface area contributed by atoms with Crippen LogP contribution in [0.15, 0.2) is 60.7 Å². The normalized spacial score (nSPS) is 13.0. The highest BCUT2D eigenvalue weighted by molar-refractivity contribution is 5.89. The number of nitriles is 1. The maximum absolute atomic E-state index is 13.0. The summed E-state index contributed by atoms with van der Waals surface area (Å²) in [5, 5.41) is 14.2. The molecule has 8 heteroatoms. The summed E-state index contributed by atoms with van der Waals surface area (Å²) in [5.41, 5.74) is 1.62. The Bertz CT molecular complexity index is 928. The summed E-state index contributed by atoms with van der Waals surface area (Å²) in [6.07, 6.45) is -0.481. The van der Waals surface area contributed by atoms with Crippen molar-refractivity contribution >= 4 is 18.0 Å². The van der Waals surface area contributed by atoms with Crippen molar-refractivity contribution in [2.24, 2.45) is 5.92 Å². The van der Waals surface area contributed by atoms with Gasteiger partial charge in [-0.3, -0.25) is 4.79 Å². The van der Waals surface area contributed by atoms with Crippen LogP contribution in [-0.4, -0.2) is 37.2 Å². The minimum Gasteiger partial charge on any atom is -0.467 e. The van der Waals surface area contributed by atoms with Gasteiger partial charge < -0.3 is 20.1 Å². The Kier molecular flexibility index (Phi) is 9.72. The van der Waals surface area contributed by atoms with Crippen molar-refractivity contribution in [1.29, 1.82) is 5.26 Å². The number of alkyl carbamates (subject to hydrolysis) is 1. The number of nitrogens with one attached hydrogen (secondary N) is 2. The molecule has 2 aromatic rings. The Balaban J connectivity index is 2.10. The van der Waals surface area contributed by atoms with Crippen molar-refractivity contribution in [3.63, 3.8) is 0 Å². The molecule has 3 atom stereocenters. The number of methoxy groups -OCH3 is 1. The van der Waals surface area contributed by atoms with E-state index in [9.17, 15) is 14.4 Å². The lowest BCUT2D eigenvalue weighted by atomic mass is 10.0. The van der Waals surface area contributed by atoms with Crippen LogP contribution in [0.2, 0.25) is 0 Å². The zero-order valence-electron chi connectivity index (χ0n) is 18.1. The molecule has 2 N–H and O–H groups in total. The van der Waals surface area contributed by atoms with Gasteiger partial charge in [0, 0.05) is 12.3 Å². The van der Waals surface area contributed by atoms with Crippen LogP contribution in [0.5, 0.6) is 0 Å². The number of amides is 2. The summed E-state index contributed by atoms with van der Waals surface area (Å²) in [5.74, 6) is -1.72. The van der Waals surface area contributed by atoms with E-state index in [4.69, 9.17) is 14.7 Å². The number of hydrogen-bond donors (Lipinski definition) is 2. The molecule has 0 fully saturated rings. The summed E-state index contributed by atoms with van der Waals surface area (Å²) >= 11 is 0. The van der Waals surface area contributed by atoms with Crippen molar-refractivity contribution in [3.8, 4) is 6.07 Å². The highest BCUT2D eigenvalue weighted by Gasteiger charge is 2.29. The Hall–Kier alpha value is -3.86. The second-order valence-corrected chi connectivity index (χ2v) is 7.30. The molecular weight excluding hydrogens is 410 g/mol. The van der Waals surface area contributed by atoms with Crippen molar-refractivity contribution in [3.05, 3.63) is 71.8 Å². The van der Waals surface area contributed by atoms with Crippen LogP contribution in [0.1, 0.15) is 24.5 Å². The topological polar surface area (TPSA) is 118 Å². The average Bonchev–Trinajstić information content (AvgIpc) is 2.82. The van der Waals surface area contributed by atoms with Gasteiger partial charge in [-0.25, -0.2) is 9.59 Å². The van der Waals surface area contributed by atoms with Crippen molar-refractivity contribution < 1.29 is 23.9 Å². The lowest BCUT2D eigenvalue weighted by Gasteiger charge is -2.22. The monoisotopic (exact) mass is 437 g/mol. The van der Waals surface area contributed by atoms with Gasteiger partial charge in [0.15, 0.2) is 0 Å². The van der Waals surface area contributed by atoms with Crippen LogP contribution in [-0.2, 0) is 32.1 Å². The standard InChI is InChI=1S/C24H27N3O5/c1-17(15-25)13-21(23(29)31-2)26-22(28)20(14-18-9-5-3-6-10-18)27-24(30)32-16-19-11-7-4-8-12-19/h3-12,17,20-21H,13-14,16H2,1-2H3,(H,26,28)(H,27,30)/t17-,20-,21-/m0/s1. The molecular formula is C24H27N3O5. The van der Waals surface area contributed by atoms with E-state index >= 15 is 0 Å². The smallest absolute Gasteiger partial charge is 0.408 e. The highest BCUT2D eigenvalue weighted by atomic mass is 16.5. The summed E-state index contributed by atoms with van der Waals surface area (Å²) in [7, 11) is 1.21. The number of carbonyl (C=O) groups is 3. The molecule has 0 saturated heterocycles. The Labute approximate surface area is 187 Å². The molecule has 0 radical (unpaired) electrons. The predicted molar refractivity (Wildman–Crippen MR) is 117 cm³/mol. The first-order valence-corrected chi connectivity index (χ1v) is 10.2. The minimum absolute atomic E-state index is 0.0524. The Morgan fingerprint density at radius 1 is 0.938 bits per heavy atom. The fraction of sp³-hybridized carbons (Fsp3) is 0.333. The highest BCUT2D eigenvalue weighted by Crippen LogP contribution is 2.09. The van der Waals surface area contributed by atoms with Crippen molar-refractivity contribution in [1.82, 2.24) is 10.6 Å². The first kappa shape index (κ1) is 24.4. The van der Waals surface area contributed by atoms with Crippen molar-refractivity contribution in [2.45, 2.75) is 38.5 Å². The van der Waals surface area contributed by atoms with E-state index in [2.05, 4.69) is 10.6 Å². The van der Waals surface area contributed by atoms with E-state index in [1.807, 2.05) is 66.7 Å². The zero-order chi connectivity index (χ0) is 23.3. The molecule has 0 heterocycles. The lowest BCUT2D eigenvalue weighted by Crippen LogP contribution is -2.53. The van der Waals surface area contributed by atoms with Gasteiger partial charge in [0.05, 0.1) is 13.2 Å². The number of ether oxygens (including phenoxy) is 2. The molecule has 0 aliphatic heterocycles. The van der Waals surface area contributed by atoms with Gasteiger partial charge >= 0.3 is 12.1 Å². The summed E-state index contributed by atoms with van der Waals surface area (Å²) in [6.45, 7) is 1.69. The first-order chi connectivity index (χ1) is 15.4. The van der Waals surface area contributed by atoms with Crippen LogP contribution in [0, 0.1) is 17.2 Å². The molecule has 0 unspecified atom stereocenters. The fourth-order valence-electron chi connectivity index (χ4n) is 3.00. The number of nitrogens with zero attached hydrogens (tertiary/aromatic N) is 1. The third kappa shape index (κ3) is 8.11. The molecule has 2 aromatic carbocycles. The van der Waals surface area contributed by atoms with Crippen molar-refractivity contribution in [2.75, 3.05) is 7.11 Å². The third-order valence-corrected chi connectivity index (χ3v) is 4.72. The van der Waals surface area contributed by atoms with Crippen LogP contribution >= 0.6 is 0 Å². The van der Waals surface area contributed by atoms with Gasteiger partial charge in [-0.2, -0.15) is 5.26 Å². The minimum atomic E-state index is -1.01. The second-order valence-electron chi connectivity index (χ2n) is 7.30. The maximum Gasteiger partial charge on any atom is 0.408 e. The van der Waals surface area contributed by atoms with Crippen LogP contribution < -0.4 is 10.6 Å². The quantitative estimate of drug-likeness (QED) is 0.552. The van der Waals surface area contributed by atoms with E-state index < -0.39 is 36.0 Å². The largest absolute Gasteiger partial charge is 0.467 e. The van der Waals surface area contributed by atoms with Gasteiger partial charge in [0.25, 0.3) is 0 Å². The SMILES string of the molecule is COC(=O)[C@H](C[C@H](C)C#N)NC(=O)[C@H](Cc1ccccc1)NC(=O)OCc1ccccc1.